The maximum atomic E-state index is 6.05. The van der Waals surface area contributed by atoms with E-state index in [9.17, 15) is 0 Å². The molecule has 0 unspecified atom stereocenters. The number of hydrogen-bond donors (Lipinski definition) is 1. The molecule has 1 aromatic heterocycles. The molecule has 2 heterocycles. The minimum Gasteiger partial charge on any atom is -0.398 e. The monoisotopic (exact) mass is 284 g/mol. The van der Waals surface area contributed by atoms with Crippen LogP contribution in [0.2, 0.25) is 0 Å². The van der Waals surface area contributed by atoms with Crippen LogP contribution in [0.25, 0.3) is 10.9 Å². The zero-order valence-electron chi connectivity index (χ0n) is 12.9. The first-order valence-corrected chi connectivity index (χ1v) is 7.66. The molecule has 3 rings (SSSR count). The van der Waals surface area contributed by atoms with Crippen molar-refractivity contribution in [3.8, 4) is 0 Å². The van der Waals surface area contributed by atoms with E-state index in [1.807, 2.05) is 18.3 Å². The highest BCUT2D eigenvalue weighted by molar-refractivity contribution is 5.92. The Balaban J connectivity index is 1.80. The van der Waals surface area contributed by atoms with Crippen molar-refractivity contribution in [2.45, 2.75) is 25.4 Å². The van der Waals surface area contributed by atoms with E-state index in [-0.39, 0.29) is 0 Å². The van der Waals surface area contributed by atoms with Gasteiger partial charge >= 0.3 is 0 Å². The lowest BCUT2D eigenvalue weighted by molar-refractivity contribution is 0.139. The smallest absolute Gasteiger partial charge is 0.0767 e. The van der Waals surface area contributed by atoms with Gasteiger partial charge in [0.15, 0.2) is 0 Å². The van der Waals surface area contributed by atoms with Gasteiger partial charge < -0.3 is 10.6 Å². The van der Waals surface area contributed by atoms with E-state index in [0.29, 0.717) is 6.04 Å². The number of aromatic nitrogens is 1. The summed E-state index contributed by atoms with van der Waals surface area (Å²) in [5.41, 5.74) is 9.17. The summed E-state index contributed by atoms with van der Waals surface area (Å²) in [6.07, 6.45) is 4.33. The summed E-state index contributed by atoms with van der Waals surface area (Å²) in [4.78, 5) is 9.41. The minimum atomic E-state index is 0.664. The van der Waals surface area contributed by atoms with Crippen LogP contribution in [0, 0.1) is 0 Å². The number of hydrogen-bond acceptors (Lipinski definition) is 4. The lowest BCUT2D eigenvalue weighted by atomic mass is 10.0. The summed E-state index contributed by atoms with van der Waals surface area (Å²) in [5.74, 6) is 0. The van der Waals surface area contributed by atoms with Crippen molar-refractivity contribution in [3.63, 3.8) is 0 Å². The number of fused-ring (bicyclic) bond motifs is 1. The molecule has 1 aliphatic heterocycles. The molecule has 1 fully saturated rings. The lowest BCUT2D eigenvalue weighted by Crippen LogP contribution is -2.41. The Morgan fingerprint density at radius 2 is 2.05 bits per heavy atom. The largest absolute Gasteiger partial charge is 0.398 e. The Kier molecular flexibility index (Phi) is 4.08. The van der Waals surface area contributed by atoms with Gasteiger partial charge in [0, 0.05) is 29.9 Å². The molecule has 0 atom stereocenters. The van der Waals surface area contributed by atoms with Crippen molar-refractivity contribution < 1.29 is 0 Å². The minimum absolute atomic E-state index is 0.664. The van der Waals surface area contributed by atoms with Crippen LogP contribution >= 0.6 is 0 Å². The van der Waals surface area contributed by atoms with Gasteiger partial charge in [-0.2, -0.15) is 0 Å². The first-order chi connectivity index (χ1) is 10.1. The Hall–Kier alpha value is -1.65. The van der Waals surface area contributed by atoms with Crippen LogP contribution in [0.15, 0.2) is 30.5 Å². The molecule has 0 saturated carbocycles. The van der Waals surface area contributed by atoms with Gasteiger partial charge in [-0.05, 0) is 63.8 Å². The van der Waals surface area contributed by atoms with E-state index in [2.05, 4.69) is 41.0 Å². The first-order valence-electron chi connectivity index (χ1n) is 7.66. The highest BCUT2D eigenvalue weighted by Crippen LogP contribution is 2.25. The number of pyridine rings is 1. The summed E-state index contributed by atoms with van der Waals surface area (Å²) < 4.78 is 0. The van der Waals surface area contributed by atoms with Gasteiger partial charge in [-0.15, -0.1) is 0 Å². The van der Waals surface area contributed by atoms with Gasteiger partial charge in [-0.3, -0.25) is 9.88 Å². The molecule has 2 aromatic rings. The normalized spacial score (nSPS) is 17.7. The standard InChI is InChI=1S/C17H24N4/c1-20-10-7-14(8-11-20)21(2)12-13-5-6-16(18)15-4-3-9-19-17(13)15/h3-6,9,14H,7-8,10-12,18H2,1-2H3. The third-order valence-corrected chi connectivity index (χ3v) is 4.62. The van der Waals surface area contributed by atoms with Gasteiger partial charge in [0.25, 0.3) is 0 Å². The molecular formula is C17H24N4. The molecule has 4 nitrogen and oxygen atoms in total. The average Bonchev–Trinajstić information content (AvgIpc) is 2.51. The highest BCUT2D eigenvalue weighted by Gasteiger charge is 2.21. The second-order valence-corrected chi connectivity index (χ2v) is 6.16. The number of nitrogens with zero attached hydrogens (tertiary/aromatic N) is 3. The summed E-state index contributed by atoms with van der Waals surface area (Å²) in [6, 6.07) is 8.79. The van der Waals surface area contributed by atoms with Crippen molar-refractivity contribution in [1.29, 1.82) is 0 Å². The second-order valence-electron chi connectivity index (χ2n) is 6.16. The van der Waals surface area contributed by atoms with Crippen molar-refractivity contribution in [2.75, 3.05) is 32.9 Å². The number of rotatable bonds is 3. The third-order valence-electron chi connectivity index (χ3n) is 4.62. The van der Waals surface area contributed by atoms with Crippen LogP contribution in [0.1, 0.15) is 18.4 Å². The van der Waals surface area contributed by atoms with E-state index in [0.717, 1.165) is 23.1 Å². The van der Waals surface area contributed by atoms with Crippen LogP contribution in [-0.2, 0) is 6.54 Å². The van der Waals surface area contributed by atoms with E-state index in [1.165, 1.54) is 31.5 Å². The predicted molar refractivity (Wildman–Crippen MR) is 88.1 cm³/mol. The molecule has 4 heteroatoms. The third kappa shape index (κ3) is 3.01. The fraction of sp³-hybridized carbons (Fsp3) is 0.471. The maximum absolute atomic E-state index is 6.05. The van der Waals surface area contributed by atoms with Gasteiger partial charge in [-0.1, -0.05) is 6.07 Å². The molecule has 21 heavy (non-hydrogen) atoms. The number of piperidine rings is 1. The van der Waals surface area contributed by atoms with Crippen LogP contribution in [0.3, 0.4) is 0 Å². The zero-order valence-corrected chi connectivity index (χ0v) is 12.9. The molecule has 0 spiro atoms. The second kappa shape index (κ2) is 6.00. The maximum Gasteiger partial charge on any atom is 0.0767 e. The molecule has 1 saturated heterocycles. The van der Waals surface area contributed by atoms with Crippen molar-refractivity contribution >= 4 is 16.6 Å². The SMILES string of the molecule is CN1CCC(N(C)Cc2ccc(N)c3cccnc23)CC1. The van der Waals surface area contributed by atoms with Crippen LogP contribution < -0.4 is 5.73 Å². The van der Waals surface area contributed by atoms with Crippen LogP contribution in [-0.4, -0.2) is 48.0 Å². The molecule has 0 aliphatic carbocycles. The van der Waals surface area contributed by atoms with Gasteiger partial charge in [-0.25, -0.2) is 0 Å². The van der Waals surface area contributed by atoms with Gasteiger partial charge in [0.1, 0.15) is 0 Å². The number of anilines is 1. The Bertz CT molecular complexity index is 617. The van der Waals surface area contributed by atoms with Crippen LogP contribution in [0.4, 0.5) is 5.69 Å². The average molecular weight is 284 g/mol. The topological polar surface area (TPSA) is 45.4 Å². The fourth-order valence-electron chi connectivity index (χ4n) is 3.21. The summed E-state index contributed by atoms with van der Waals surface area (Å²) in [5, 5.41) is 1.06. The Morgan fingerprint density at radius 3 is 2.81 bits per heavy atom. The van der Waals surface area contributed by atoms with E-state index in [4.69, 9.17) is 5.73 Å². The van der Waals surface area contributed by atoms with E-state index < -0.39 is 0 Å². The van der Waals surface area contributed by atoms with Crippen molar-refractivity contribution in [2.24, 2.45) is 0 Å². The van der Waals surface area contributed by atoms with Gasteiger partial charge in [0.2, 0.25) is 0 Å². The number of likely N-dealkylation sites (tertiary alicyclic amines) is 1. The molecule has 1 aliphatic rings. The van der Waals surface area contributed by atoms with Crippen molar-refractivity contribution in [3.05, 3.63) is 36.0 Å². The molecule has 0 radical (unpaired) electrons. The quantitative estimate of drug-likeness (QED) is 0.879. The van der Waals surface area contributed by atoms with Gasteiger partial charge in [0.05, 0.1) is 5.52 Å². The molecule has 0 bridgehead atoms. The number of nitrogens with two attached hydrogens (primary N) is 1. The molecule has 2 N–H and O–H groups in total. The van der Waals surface area contributed by atoms with E-state index >= 15 is 0 Å². The number of benzene rings is 1. The lowest BCUT2D eigenvalue weighted by Gasteiger charge is -2.35. The molecule has 0 amide bonds. The van der Waals surface area contributed by atoms with E-state index in [1.54, 1.807) is 0 Å². The van der Waals surface area contributed by atoms with Crippen molar-refractivity contribution in [1.82, 2.24) is 14.8 Å². The molecule has 112 valence electrons. The summed E-state index contributed by atoms with van der Waals surface area (Å²) in [6.45, 7) is 3.31. The highest BCUT2D eigenvalue weighted by atomic mass is 15.2. The Morgan fingerprint density at radius 1 is 1.29 bits per heavy atom. The number of nitrogen functional groups attached to an aromatic ring is 1. The zero-order chi connectivity index (χ0) is 14.8. The van der Waals surface area contributed by atoms with Crippen LogP contribution in [0.5, 0.6) is 0 Å². The molecule has 1 aromatic carbocycles. The molecular weight excluding hydrogens is 260 g/mol. The summed E-state index contributed by atoms with van der Waals surface area (Å²) >= 11 is 0. The summed E-state index contributed by atoms with van der Waals surface area (Å²) in [7, 11) is 4.43. The Labute approximate surface area is 126 Å². The predicted octanol–water partition coefficient (Wildman–Crippen LogP) is 2.34. The fourth-order valence-corrected chi connectivity index (χ4v) is 3.21. The first kappa shape index (κ1) is 14.3.